The standard InChI is InChI=1S/C23H23FN4O3/c24-19-3-1-18(2-4-19)23-20(16-5-10-25-11-6-16)15-21(26-23)17-7-12-27(13-8-17)22(29)9-14-28(30)31/h1-6,10-11,15,17,26H,7-9,12-14H2. The van der Waals surface area contributed by atoms with Crippen molar-refractivity contribution in [3.8, 4) is 22.4 Å². The van der Waals surface area contributed by atoms with Gasteiger partial charge in [0.2, 0.25) is 12.5 Å². The molecule has 1 aromatic carbocycles. The Kier molecular flexibility index (Phi) is 6.06. The lowest BCUT2D eigenvalue weighted by molar-refractivity contribution is -0.478. The Balaban J connectivity index is 1.55. The Labute approximate surface area is 179 Å². The SMILES string of the molecule is O=C(CC[N+](=O)[O-])N1CCC(c2cc(-c3ccncc3)c(-c3ccc(F)cc3)[nH]2)CC1. The molecule has 4 rings (SSSR count). The van der Waals surface area contributed by atoms with Crippen molar-refractivity contribution < 1.29 is 14.1 Å². The first-order chi connectivity index (χ1) is 15.0. The maximum absolute atomic E-state index is 13.4. The van der Waals surface area contributed by atoms with Gasteiger partial charge in [-0.2, -0.15) is 0 Å². The van der Waals surface area contributed by atoms with E-state index in [0.717, 1.165) is 40.9 Å². The van der Waals surface area contributed by atoms with Crippen LogP contribution in [0.2, 0.25) is 0 Å². The van der Waals surface area contributed by atoms with Crippen molar-refractivity contribution in [2.45, 2.75) is 25.2 Å². The summed E-state index contributed by atoms with van der Waals surface area (Å²) in [7, 11) is 0. The van der Waals surface area contributed by atoms with Gasteiger partial charge in [-0.25, -0.2) is 4.39 Å². The molecule has 8 heteroatoms. The molecule has 3 heterocycles. The van der Waals surface area contributed by atoms with Gasteiger partial charge < -0.3 is 9.88 Å². The summed E-state index contributed by atoms with van der Waals surface area (Å²) in [5.41, 5.74) is 4.93. The molecule has 2 aromatic heterocycles. The number of nitrogens with one attached hydrogen (secondary N) is 1. The lowest BCUT2D eigenvalue weighted by Crippen LogP contribution is -2.38. The van der Waals surface area contributed by atoms with E-state index in [1.54, 1.807) is 29.4 Å². The highest BCUT2D eigenvalue weighted by atomic mass is 19.1. The summed E-state index contributed by atoms with van der Waals surface area (Å²) in [6.45, 7) is 0.832. The van der Waals surface area contributed by atoms with E-state index in [0.29, 0.717) is 13.1 Å². The van der Waals surface area contributed by atoms with Crippen LogP contribution in [-0.4, -0.2) is 45.3 Å². The molecule has 0 bridgehead atoms. The highest BCUT2D eigenvalue weighted by molar-refractivity contribution is 5.82. The quantitative estimate of drug-likeness (QED) is 0.475. The number of hydrogen-bond donors (Lipinski definition) is 1. The number of halogens is 1. The number of rotatable bonds is 6. The zero-order chi connectivity index (χ0) is 21.8. The topological polar surface area (TPSA) is 92.1 Å². The summed E-state index contributed by atoms with van der Waals surface area (Å²) in [6, 6.07) is 12.4. The number of nitro groups is 1. The molecule has 1 aliphatic heterocycles. The molecule has 1 fully saturated rings. The zero-order valence-electron chi connectivity index (χ0n) is 17.0. The van der Waals surface area contributed by atoms with Crippen LogP contribution in [-0.2, 0) is 4.79 Å². The number of benzene rings is 1. The third-order valence-corrected chi connectivity index (χ3v) is 5.76. The predicted octanol–water partition coefficient (Wildman–Crippen LogP) is 4.26. The smallest absolute Gasteiger partial charge is 0.229 e. The highest BCUT2D eigenvalue weighted by Gasteiger charge is 2.26. The monoisotopic (exact) mass is 422 g/mol. The van der Waals surface area contributed by atoms with E-state index in [9.17, 15) is 19.3 Å². The zero-order valence-corrected chi connectivity index (χ0v) is 17.0. The first kappa shape index (κ1) is 20.7. The summed E-state index contributed by atoms with van der Waals surface area (Å²) in [4.78, 5) is 31.6. The predicted molar refractivity (Wildman–Crippen MR) is 114 cm³/mol. The van der Waals surface area contributed by atoms with Gasteiger partial charge in [-0.3, -0.25) is 19.9 Å². The third kappa shape index (κ3) is 4.79. The Morgan fingerprint density at radius 1 is 1.13 bits per heavy atom. The van der Waals surface area contributed by atoms with Crippen molar-refractivity contribution in [2.24, 2.45) is 0 Å². The molecule has 160 valence electrons. The minimum atomic E-state index is -0.457. The summed E-state index contributed by atoms with van der Waals surface area (Å²) in [5.74, 6) is -0.199. The van der Waals surface area contributed by atoms with Gasteiger partial charge in [0.1, 0.15) is 5.82 Å². The largest absolute Gasteiger partial charge is 0.358 e. The van der Waals surface area contributed by atoms with Gasteiger partial charge in [-0.15, -0.1) is 0 Å². The fourth-order valence-electron chi connectivity index (χ4n) is 4.08. The molecule has 3 aromatic rings. The Hall–Kier alpha value is -3.55. The van der Waals surface area contributed by atoms with Crippen molar-refractivity contribution in [2.75, 3.05) is 19.6 Å². The van der Waals surface area contributed by atoms with Crippen molar-refractivity contribution in [1.82, 2.24) is 14.9 Å². The van der Waals surface area contributed by atoms with Crippen molar-refractivity contribution >= 4 is 5.91 Å². The van der Waals surface area contributed by atoms with Crippen LogP contribution >= 0.6 is 0 Å². The molecule has 0 unspecified atom stereocenters. The van der Waals surface area contributed by atoms with Crippen molar-refractivity contribution in [3.63, 3.8) is 0 Å². The van der Waals surface area contributed by atoms with Gasteiger partial charge in [0.25, 0.3) is 0 Å². The van der Waals surface area contributed by atoms with Crippen LogP contribution in [0.25, 0.3) is 22.4 Å². The summed E-state index contributed by atoms with van der Waals surface area (Å²) >= 11 is 0. The van der Waals surface area contributed by atoms with E-state index >= 15 is 0 Å². The maximum atomic E-state index is 13.4. The number of hydrogen-bond acceptors (Lipinski definition) is 4. The second-order valence-electron chi connectivity index (χ2n) is 7.72. The van der Waals surface area contributed by atoms with Gasteiger partial charge in [0, 0.05) is 47.6 Å². The number of pyridine rings is 1. The molecule has 0 spiro atoms. The molecular formula is C23H23FN4O3. The Bertz CT molecular complexity index is 1060. The molecule has 0 saturated carbocycles. The van der Waals surface area contributed by atoms with Gasteiger partial charge >= 0.3 is 0 Å². The molecule has 0 radical (unpaired) electrons. The van der Waals surface area contributed by atoms with Crippen LogP contribution in [0.3, 0.4) is 0 Å². The number of piperidine rings is 1. The molecule has 0 aliphatic carbocycles. The van der Waals surface area contributed by atoms with Gasteiger partial charge in [-0.05, 0) is 66.4 Å². The fourth-order valence-corrected chi connectivity index (χ4v) is 4.08. The van der Waals surface area contributed by atoms with Gasteiger partial charge in [0.15, 0.2) is 0 Å². The van der Waals surface area contributed by atoms with Crippen LogP contribution < -0.4 is 0 Å². The van der Waals surface area contributed by atoms with E-state index in [1.165, 1.54) is 12.1 Å². The average Bonchev–Trinajstić information content (AvgIpc) is 3.24. The van der Waals surface area contributed by atoms with Crippen LogP contribution in [0.5, 0.6) is 0 Å². The number of aromatic nitrogens is 2. The molecule has 1 N–H and O–H groups in total. The molecule has 0 atom stereocenters. The van der Waals surface area contributed by atoms with Crippen molar-refractivity contribution in [1.29, 1.82) is 0 Å². The fraction of sp³-hybridized carbons (Fsp3) is 0.304. The lowest BCUT2D eigenvalue weighted by atomic mass is 9.93. The van der Waals surface area contributed by atoms with E-state index < -0.39 is 4.92 Å². The lowest BCUT2D eigenvalue weighted by Gasteiger charge is -2.31. The van der Waals surface area contributed by atoms with Crippen LogP contribution in [0.4, 0.5) is 4.39 Å². The van der Waals surface area contributed by atoms with Gasteiger partial charge in [-0.1, -0.05) is 0 Å². The molecule has 31 heavy (non-hydrogen) atoms. The normalized spacial score (nSPS) is 14.5. The van der Waals surface area contributed by atoms with E-state index in [-0.39, 0.29) is 30.6 Å². The Morgan fingerprint density at radius 3 is 2.45 bits per heavy atom. The molecule has 1 saturated heterocycles. The number of likely N-dealkylation sites (tertiary alicyclic amines) is 1. The summed E-state index contributed by atoms with van der Waals surface area (Å²) < 4.78 is 13.4. The number of aromatic amines is 1. The van der Waals surface area contributed by atoms with E-state index in [4.69, 9.17) is 0 Å². The maximum Gasteiger partial charge on any atom is 0.229 e. The number of H-pyrrole nitrogens is 1. The van der Waals surface area contributed by atoms with E-state index in [2.05, 4.69) is 16.0 Å². The van der Waals surface area contributed by atoms with Crippen LogP contribution in [0, 0.1) is 15.9 Å². The number of amides is 1. The third-order valence-electron chi connectivity index (χ3n) is 5.76. The first-order valence-corrected chi connectivity index (χ1v) is 10.3. The first-order valence-electron chi connectivity index (χ1n) is 10.3. The number of carbonyl (C=O) groups excluding carboxylic acids is 1. The highest BCUT2D eigenvalue weighted by Crippen LogP contribution is 2.37. The van der Waals surface area contributed by atoms with Crippen LogP contribution in [0.1, 0.15) is 30.9 Å². The molecule has 1 aliphatic rings. The molecule has 1 amide bonds. The second-order valence-corrected chi connectivity index (χ2v) is 7.72. The number of nitrogens with zero attached hydrogens (tertiary/aromatic N) is 3. The molecular weight excluding hydrogens is 399 g/mol. The minimum Gasteiger partial charge on any atom is -0.358 e. The van der Waals surface area contributed by atoms with Gasteiger partial charge in [0.05, 0.1) is 12.1 Å². The Morgan fingerprint density at radius 2 is 1.81 bits per heavy atom. The van der Waals surface area contributed by atoms with E-state index in [1.807, 2.05) is 12.1 Å². The summed E-state index contributed by atoms with van der Waals surface area (Å²) in [6.07, 6.45) is 4.99. The summed E-state index contributed by atoms with van der Waals surface area (Å²) in [5, 5.41) is 10.5. The number of carbonyl (C=O) groups is 1. The average molecular weight is 422 g/mol. The second kappa shape index (κ2) is 9.07. The van der Waals surface area contributed by atoms with Crippen LogP contribution in [0.15, 0.2) is 54.9 Å². The van der Waals surface area contributed by atoms with Crippen molar-refractivity contribution in [3.05, 3.63) is 76.5 Å². The minimum absolute atomic E-state index is 0.0545. The molecule has 7 nitrogen and oxygen atoms in total.